The molecule has 5 heteroatoms. The standard InChI is InChI=1S/C11H13N3O2/c1-8(2)13-11(15)16-10-4-3-9-5-6-12-14(9)7-10/h3-8H,1-2H3,(H,13,15). The van der Waals surface area contributed by atoms with E-state index < -0.39 is 6.09 Å². The Kier molecular flexibility index (Phi) is 2.76. The van der Waals surface area contributed by atoms with Crippen LogP contribution in [0.3, 0.4) is 0 Å². The van der Waals surface area contributed by atoms with E-state index in [2.05, 4.69) is 10.4 Å². The molecule has 0 aliphatic carbocycles. The van der Waals surface area contributed by atoms with E-state index in [1.807, 2.05) is 26.0 Å². The Labute approximate surface area is 93.0 Å². The van der Waals surface area contributed by atoms with E-state index >= 15 is 0 Å². The van der Waals surface area contributed by atoms with Crippen molar-refractivity contribution >= 4 is 11.6 Å². The Morgan fingerprint density at radius 2 is 2.25 bits per heavy atom. The lowest BCUT2D eigenvalue weighted by atomic mass is 10.4. The highest BCUT2D eigenvalue weighted by atomic mass is 16.6. The fourth-order valence-corrected chi connectivity index (χ4v) is 1.33. The smallest absolute Gasteiger partial charge is 0.409 e. The molecule has 16 heavy (non-hydrogen) atoms. The summed E-state index contributed by atoms with van der Waals surface area (Å²) in [7, 11) is 0. The third-order valence-electron chi connectivity index (χ3n) is 1.99. The van der Waals surface area contributed by atoms with Crippen molar-refractivity contribution in [2.24, 2.45) is 0 Å². The Balaban J connectivity index is 2.11. The number of pyridine rings is 1. The molecule has 0 atom stereocenters. The minimum Gasteiger partial charge on any atom is -0.409 e. The molecule has 1 N–H and O–H groups in total. The molecule has 0 saturated carbocycles. The van der Waals surface area contributed by atoms with E-state index in [4.69, 9.17) is 4.74 Å². The van der Waals surface area contributed by atoms with Crippen molar-refractivity contribution in [3.8, 4) is 5.75 Å². The van der Waals surface area contributed by atoms with Crippen LogP contribution >= 0.6 is 0 Å². The number of carbonyl (C=O) groups is 1. The van der Waals surface area contributed by atoms with Gasteiger partial charge < -0.3 is 10.1 Å². The molecule has 0 bridgehead atoms. The fourth-order valence-electron chi connectivity index (χ4n) is 1.33. The van der Waals surface area contributed by atoms with Crippen molar-refractivity contribution in [2.45, 2.75) is 19.9 Å². The van der Waals surface area contributed by atoms with Gasteiger partial charge in [0.15, 0.2) is 5.75 Å². The van der Waals surface area contributed by atoms with Gasteiger partial charge in [-0.25, -0.2) is 9.31 Å². The first-order valence-electron chi connectivity index (χ1n) is 5.07. The fraction of sp³-hybridized carbons (Fsp3) is 0.273. The molecule has 0 unspecified atom stereocenters. The van der Waals surface area contributed by atoms with E-state index in [0.29, 0.717) is 5.75 Å². The van der Waals surface area contributed by atoms with Gasteiger partial charge >= 0.3 is 6.09 Å². The van der Waals surface area contributed by atoms with E-state index in [1.54, 1.807) is 23.0 Å². The van der Waals surface area contributed by atoms with Crippen LogP contribution in [0.2, 0.25) is 0 Å². The largest absolute Gasteiger partial charge is 0.412 e. The second-order valence-electron chi connectivity index (χ2n) is 3.75. The molecule has 0 fully saturated rings. The number of rotatable bonds is 2. The lowest BCUT2D eigenvalue weighted by Gasteiger charge is -2.08. The number of fused-ring (bicyclic) bond motifs is 1. The number of hydrogen-bond acceptors (Lipinski definition) is 3. The van der Waals surface area contributed by atoms with Crippen molar-refractivity contribution in [1.29, 1.82) is 0 Å². The summed E-state index contributed by atoms with van der Waals surface area (Å²) < 4.78 is 6.74. The molecule has 2 heterocycles. The van der Waals surface area contributed by atoms with Gasteiger partial charge in [0.05, 0.1) is 11.7 Å². The Morgan fingerprint density at radius 1 is 1.44 bits per heavy atom. The first-order chi connectivity index (χ1) is 7.65. The van der Waals surface area contributed by atoms with Crippen LogP contribution in [0.25, 0.3) is 5.52 Å². The average molecular weight is 219 g/mol. The molecule has 0 spiro atoms. The molecule has 0 aliphatic heterocycles. The summed E-state index contributed by atoms with van der Waals surface area (Å²) in [5, 5.41) is 6.69. The zero-order chi connectivity index (χ0) is 11.5. The summed E-state index contributed by atoms with van der Waals surface area (Å²) in [6.45, 7) is 3.75. The Morgan fingerprint density at radius 3 is 3.00 bits per heavy atom. The van der Waals surface area contributed by atoms with Gasteiger partial charge in [0.25, 0.3) is 0 Å². The third kappa shape index (κ3) is 2.31. The minimum absolute atomic E-state index is 0.0564. The number of aromatic nitrogens is 2. The highest BCUT2D eigenvalue weighted by Gasteiger charge is 2.06. The number of hydrogen-bond donors (Lipinski definition) is 1. The van der Waals surface area contributed by atoms with Gasteiger partial charge in [-0.1, -0.05) is 0 Å². The second kappa shape index (κ2) is 4.22. The quantitative estimate of drug-likeness (QED) is 0.838. The molecule has 0 aromatic carbocycles. The van der Waals surface area contributed by atoms with Crippen molar-refractivity contribution in [3.63, 3.8) is 0 Å². The first-order valence-corrected chi connectivity index (χ1v) is 5.07. The van der Waals surface area contributed by atoms with Crippen LogP contribution in [-0.2, 0) is 0 Å². The second-order valence-corrected chi connectivity index (χ2v) is 3.75. The lowest BCUT2D eigenvalue weighted by Crippen LogP contribution is -2.32. The first kappa shape index (κ1) is 10.5. The van der Waals surface area contributed by atoms with Crippen LogP contribution in [0.4, 0.5) is 4.79 Å². The zero-order valence-electron chi connectivity index (χ0n) is 9.18. The lowest BCUT2D eigenvalue weighted by molar-refractivity contribution is 0.197. The van der Waals surface area contributed by atoms with Crippen LogP contribution in [0.15, 0.2) is 30.6 Å². The van der Waals surface area contributed by atoms with Gasteiger partial charge in [-0.15, -0.1) is 0 Å². The van der Waals surface area contributed by atoms with E-state index in [9.17, 15) is 4.79 Å². The maximum atomic E-state index is 11.3. The van der Waals surface area contributed by atoms with Crippen LogP contribution in [0, 0.1) is 0 Å². The summed E-state index contributed by atoms with van der Waals surface area (Å²) >= 11 is 0. The van der Waals surface area contributed by atoms with Gasteiger partial charge in [-0.05, 0) is 32.0 Å². The minimum atomic E-state index is -0.457. The van der Waals surface area contributed by atoms with Crippen LogP contribution in [0.5, 0.6) is 5.75 Å². The van der Waals surface area contributed by atoms with Crippen molar-refractivity contribution in [3.05, 3.63) is 30.6 Å². The van der Waals surface area contributed by atoms with E-state index in [1.165, 1.54) is 0 Å². The number of nitrogens with zero attached hydrogens (tertiary/aromatic N) is 2. The summed E-state index contributed by atoms with van der Waals surface area (Å²) in [5.41, 5.74) is 0.955. The predicted molar refractivity (Wildman–Crippen MR) is 59.5 cm³/mol. The van der Waals surface area contributed by atoms with Crippen LogP contribution < -0.4 is 10.1 Å². The number of ether oxygens (including phenoxy) is 1. The number of carbonyl (C=O) groups excluding carboxylic acids is 1. The molecule has 5 nitrogen and oxygen atoms in total. The Bertz CT molecular complexity index is 505. The van der Waals surface area contributed by atoms with Crippen molar-refractivity contribution < 1.29 is 9.53 Å². The molecule has 0 radical (unpaired) electrons. The molecular formula is C11H13N3O2. The average Bonchev–Trinajstić information content (AvgIpc) is 2.63. The van der Waals surface area contributed by atoms with Gasteiger partial charge in [0.2, 0.25) is 0 Å². The molecule has 0 saturated heterocycles. The zero-order valence-corrected chi connectivity index (χ0v) is 9.18. The van der Waals surface area contributed by atoms with Crippen LogP contribution in [0.1, 0.15) is 13.8 Å². The maximum Gasteiger partial charge on any atom is 0.412 e. The van der Waals surface area contributed by atoms with Crippen molar-refractivity contribution in [1.82, 2.24) is 14.9 Å². The Hall–Kier alpha value is -2.04. The van der Waals surface area contributed by atoms with E-state index in [0.717, 1.165) is 5.52 Å². The van der Waals surface area contributed by atoms with Crippen molar-refractivity contribution in [2.75, 3.05) is 0 Å². The van der Waals surface area contributed by atoms with Gasteiger partial charge in [-0.2, -0.15) is 5.10 Å². The highest BCUT2D eigenvalue weighted by Crippen LogP contribution is 2.12. The van der Waals surface area contributed by atoms with Gasteiger partial charge in [-0.3, -0.25) is 0 Å². The summed E-state index contributed by atoms with van der Waals surface area (Å²) in [4.78, 5) is 11.3. The molecule has 2 rings (SSSR count). The normalized spacial score (nSPS) is 10.7. The van der Waals surface area contributed by atoms with Gasteiger partial charge in [0.1, 0.15) is 0 Å². The molecule has 84 valence electrons. The van der Waals surface area contributed by atoms with Gasteiger partial charge in [0, 0.05) is 12.2 Å². The predicted octanol–water partition coefficient (Wildman–Crippen LogP) is 1.83. The van der Waals surface area contributed by atoms with E-state index in [-0.39, 0.29) is 6.04 Å². The number of nitrogens with one attached hydrogen (secondary N) is 1. The maximum absolute atomic E-state index is 11.3. The SMILES string of the molecule is CC(C)NC(=O)Oc1ccc2ccnn2c1. The molecule has 2 aromatic heterocycles. The number of amides is 1. The third-order valence-corrected chi connectivity index (χ3v) is 1.99. The topological polar surface area (TPSA) is 55.6 Å². The molecule has 2 aromatic rings. The van der Waals surface area contributed by atoms with Crippen LogP contribution in [-0.4, -0.2) is 21.7 Å². The molecule has 0 aliphatic rings. The molecular weight excluding hydrogens is 206 g/mol. The highest BCUT2D eigenvalue weighted by molar-refractivity contribution is 5.70. The summed E-state index contributed by atoms with van der Waals surface area (Å²) in [5.74, 6) is 0.467. The summed E-state index contributed by atoms with van der Waals surface area (Å²) in [6.07, 6.45) is 2.89. The molecule has 1 amide bonds. The summed E-state index contributed by atoms with van der Waals surface area (Å²) in [6, 6.07) is 5.50. The monoisotopic (exact) mass is 219 g/mol.